The fraction of sp³-hybridized carbons (Fsp3) is 0.231. The van der Waals surface area contributed by atoms with Gasteiger partial charge in [-0.1, -0.05) is 0 Å². The predicted octanol–water partition coefficient (Wildman–Crippen LogP) is 2.17. The molecule has 0 radical (unpaired) electrons. The SMILES string of the molecule is CCOc1oc(-c2ccc3c(c2)OCO3)nc1C(=O)O. The maximum Gasteiger partial charge on any atom is 0.362 e. The number of hydrogen-bond donors (Lipinski definition) is 1. The standard InChI is InChI=1S/C13H11NO6/c1-2-17-13-10(12(15)16)14-11(20-13)7-3-4-8-9(5-7)19-6-18-8/h3-5H,2,6H2,1H3,(H,15,16). The Morgan fingerprint density at radius 3 is 2.95 bits per heavy atom. The topological polar surface area (TPSA) is 91.0 Å². The van der Waals surface area contributed by atoms with Crippen molar-refractivity contribution in [3.8, 4) is 28.9 Å². The number of rotatable bonds is 4. The van der Waals surface area contributed by atoms with Crippen LogP contribution in [0.4, 0.5) is 0 Å². The zero-order valence-corrected chi connectivity index (χ0v) is 10.6. The highest BCUT2D eigenvalue weighted by Gasteiger charge is 2.23. The molecule has 1 aliphatic heterocycles. The van der Waals surface area contributed by atoms with Crippen molar-refractivity contribution in [3.05, 3.63) is 23.9 Å². The zero-order chi connectivity index (χ0) is 14.1. The Labute approximate surface area is 113 Å². The molecule has 0 saturated heterocycles. The summed E-state index contributed by atoms with van der Waals surface area (Å²) in [5.41, 5.74) is 0.335. The van der Waals surface area contributed by atoms with Gasteiger partial charge < -0.3 is 23.7 Å². The van der Waals surface area contributed by atoms with Crippen LogP contribution in [0.15, 0.2) is 22.6 Å². The van der Waals surface area contributed by atoms with E-state index in [9.17, 15) is 4.79 Å². The number of hydrogen-bond acceptors (Lipinski definition) is 6. The van der Waals surface area contributed by atoms with E-state index >= 15 is 0 Å². The molecule has 2 heterocycles. The van der Waals surface area contributed by atoms with Crippen molar-refractivity contribution in [2.45, 2.75) is 6.92 Å². The van der Waals surface area contributed by atoms with E-state index in [-0.39, 0.29) is 30.9 Å². The number of carbonyl (C=O) groups is 1. The Morgan fingerprint density at radius 1 is 1.40 bits per heavy atom. The van der Waals surface area contributed by atoms with Crippen molar-refractivity contribution >= 4 is 5.97 Å². The van der Waals surface area contributed by atoms with Gasteiger partial charge in [-0.05, 0) is 25.1 Å². The lowest BCUT2D eigenvalue weighted by Gasteiger charge is -1.99. The molecular formula is C13H11NO6. The molecule has 0 spiro atoms. The minimum atomic E-state index is -1.20. The molecule has 0 aliphatic carbocycles. The fourth-order valence-electron chi connectivity index (χ4n) is 1.82. The molecule has 104 valence electrons. The summed E-state index contributed by atoms with van der Waals surface area (Å²) in [6.45, 7) is 2.18. The van der Waals surface area contributed by atoms with E-state index in [0.29, 0.717) is 17.1 Å². The maximum atomic E-state index is 11.1. The first-order valence-electron chi connectivity index (χ1n) is 5.96. The summed E-state index contributed by atoms with van der Waals surface area (Å²) >= 11 is 0. The summed E-state index contributed by atoms with van der Waals surface area (Å²) < 4.78 is 20.9. The van der Waals surface area contributed by atoms with E-state index in [1.807, 2.05) is 0 Å². The number of oxazole rings is 1. The third kappa shape index (κ3) is 2.03. The lowest BCUT2D eigenvalue weighted by Crippen LogP contribution is -2.01. The molecule has 1 aliphatic rings. The van der Waals surface area contributed by atoms with E-state index in [2.05, 4.69) is 4.98 Å². The third-order valence-corrected chi connectivity index (χ3v) is 2.69. The van der Waals surface area contributed by atoms with E-state index in [4.69, 9.17) is 23.7 Å². The van der Waals surface area contributed by atoms with Gasteiger partial charge in [-0.3, -0.25) is 0 Å². The molecule has 0 saturated carbocycles. The molecule has 0 fully saturated rings. The van der Waals surface area contributed by atoms with Gasteiger partial charge in [-0.15, -0.1) is 0 Å². The Balaban J connectivity index is 2.01. The van der Waals surface area contributed by atoms with Crippen molar-refractivity contribution in [1.82, 2.24) is 4.98 Å². The van der Waals surface area contributed by atoms with Gasteiger partial charge in [0.1, 0.15) is 0 Å². The van der Waals surface area contributed by atoms with Gasteiger partial charge in [0.15, 0.2) is 11.5 Å². The first-order valence-corrected chi connectivity index (χ1v) is 5.96. The minimum Gasteiger partial charge on any atom is -0.476 e. The van der Waals surface area contributed by atoms with Crippen LogP contribution in [0.5, 0.6) is 17.4 Å². The third-order valence-electron chi connectivity index (χ3n) is 2.69. The number of carboxylic acids is 1. The second-order valence-corrected chi connectivity index (χ2v) is 3.96. The van der Waals surface area contributed by atoms with Crippen LogP contribution < -0.4 is 14.2 Å². The molecule has 1 aromatic heterocycles. The van der Waals surface area contributed by atoms with Crippen LogP contribution >= 0.6 is 0 Å². The minimum absolute atomic E-state index is 0.104. The summed E-state index contributed by atoms with van der Waals surface area (Å²) in [6.07, 6.45) is 0. The molecule has 0 unspecified atom stereocenters. The molecule has 20 heavy (non-hydrogen) atoms. The summed E-state index contributed by atoms with van der Waals surface area (Å²) in [5, 5.41) is 9.06. The quantitative estimate of drug-likeness (QED) is 0.915. The number of fused-ring (bicyclic) bond motifs is 1. The van der Waals surface area contributed by atoms with Crippen molar-refractivity contribution in [2.75, 3.05) is 13.4 Å². The van der Waals surface area contributed by atoms with Gasteiger partial charge in [-0.25, -0.2) is 4.79 Å². The van der Waals surface area contributed by atoms with Crippen LogP contribution in [0, 0.1) is 0 Å². The Hall–Kier alpha value is -2.70. The molecule has 0 amide bonds. The van der Waals surface area contributed by atoms with Gasteiger partial charge >= 0.3 is 11.9 Å². The molecule has 7 nitrogen and oxygen atoms in total. The number of carboxylic acid groups (broad SMARTS) is 1. The van der Waals surface area contributed by atoms with E-state index in [0.717, 1.165) is 0 Å². The molecular weight excluding hydrogens is 266 g/mol. The van der Waals surface area contributed by atoms with E-state index in [1.54, 1.807) is 25.1 Å². The molecule has 7 heteroatoms. The molecule has 3 rings (SSSR count). The van der Waals surface area contributed by atoms with Gasteiger partial charge in [-0.2, -0.15) is 4.98 Å². The largest absolute Gasteiger partial charge is 0.476 e. The van der Waals surface area contributed by atoms with Gasteiger partial charge in [0.2, 0.25) is 18.4 Å². The zero-order valence-electron chi connectivity index (χ0n) is 10.6. The average Bonchev–Trinajstić information content (AvgIpc) is 3.04. The first-order chi connectivity index (χ1) is 9.69. The average molecular weight is 277 g/mol. The molecule has 1 aromatic carbocycles. The van der Waals surface area contributed by atoms with Crippen LogP contribution in [0.2, 0.25) is 0 Å². The van der Waals surface area contributed by atoms with Crippen LogP contribution in [0.1, 0.15) is 17.4 Å². The van der Waals surface area contributed by atoms with Crippen molar-refractivity contribution in [2.24, 2.45) is 0 Å². The fourth-order valence-corrected chi connectivity index (χ4v) is 1.82. The van der Waals surface area contributed by atoms with Crippen LogP contribution in [-0.2, 0) is 0 Å². The first kappa shape index (κ1) is 12.3. The van der Waals surface area contributed by atoms with Crippen LogP contribution in [0.3, 0.4) is 0 Å². The molecule has 0 bridgehead atoms. The number of ether oxygens (including phenoxy) is 3. The second kappa shape index (κ2) is 4.76. The van der Waals surface area contributed by atoms with E-state index < -0.39 is 5.97 Å². The van der Waals surface area contributed by atoms with Crippen LogP contribution in [-0.4, -0.2) is 29.5 Å². The van der Waals surface area contributed by atoms with Crippen molar-refractivity contribution in [3.63, 3.8) is 0 Å². The van der Waals surface area contributed by atoms with E-state index in [1.165, 1.54) is 0 Å². The Kier molecular flexibility index (Phi) is 2.94. The monoisotopic (exact) mass is 277 g/mol. The Bertz CT molecular complexity index is 663. The Morgan fingerprint density at radius 2 is 2.20 bits per heavy atom. The summed E-state index contributed by atoms with van der Waals surface area (Å²) in [7, 11) is 0. The maximum absolute atomic E-state index is 11.1. The number of benzene rings is 1. The highest BCUT2D eigenvalue weighted by Crippen LogP contribution is 2.37. The lowest BCUT2D eigenvalue weighted by molar-refractivity contribution is 0.0683. The summed E-state index contributed by atoms with van der Waals surface area (Å²) in [6, 6.07) is 5.10. The smallest absolute Gasteiger partial charge is 0.362 e. The number of aromatic nitrogens is 1. The predicted molar refractivity (Wildman–Crippen MR) is 66.2 cm³/mol. The molecule has 1 N–H and O–H groups in total. The highest BCUT2D eigenvalue weighted by atomic mass is 16.7. The van der Waals surface area contributed by atoms with Gasteiger partial charge in [0.25, 0.3) is 0 Å². The van der Waals surface area contributed by atoms with Gasteiger partial charge in [0.05, 0.1) is 6.61 Å². The summed E-state index contributed by atoms with van der Waals surface area (Å²) in [4.78, 5) is 15.0. The van der Waals surface area contributed by atoms with Crippen molar-refractivity contribution < 1.29 is 28.5 Å². The normalized spacial score (nSPS) is 12.4. The summed E-state index contributed by atoms with van der Waals surface area (Å²) in [5.74, 6) is 0.0420. The van der Waals surface area contributed by atoms with Crippen molar-refractivity contribution in [1.29, 1.82) is 0 Å². The van der Waals surface area contributed by atoms with Crippen LogP contribution in [0.25, 0.3) is 11.5 Å². The molecule has 0 atom stereocenters. The number of aromatic carboxylic acids is 1. The highest BCUT2D eigenvalue weighted by molar-refractivity contribution is 5.88. The van der Waals surface area contributed by atoms with Gasteiger partial charge in [0, 0.05) is 5.56 Å². The lowest BCUT2D eigenvalue weighted by atomic mass is 10.2. The number of nitrogens with zero attached hydrogens (tertiary/aromatic N) is 1. The second-order valence-electron chi connectivity index (χ2n) is 3.96. The molecule has 2 aromatic rings.